The third-order valence-electron chi connectivity index (χ3n) is 4.64. The third-order valence-corrected chi connectivity index (χ3v) is 4.64. The molecule has 0 amide bonds. The highest BCUT2D eigenvalue weighted by atomic mass is 16.4. The molecule has 1 fully saturated rings. The summed E-state index contributed by atoms with van der Waals surface area (Å²) in [6, 6.07) is 0. The molecule has 5 nitrogen and oxygen atoms in total. The van der Waals surface area contributed by atoms with Crippen LogP contribution in [-0.2, 0) is 17.6 Å². The van der Waals surface area contributed by atoms with Gasteiger partial charge in [0.1, 0.15) is 12.1 Å². The molecular weight excluding hydrogens is 242 g/mol. The van der Waals surface area contributed by atoms with Gasteiger partial charge < -0.3 is 10.0 Å². The molecule has 1 saturated heterocycles. The Morgan fingerprint density at radius 1 is 1.47 bits per heavy atom. The van der Waals surface area contributed by atoms with Gasteiger partial charge in [0.05, 0.1) is 5.41 Å². The van der Waals surface area contributed by atoms with Crippen LogP contribution in [0, 0.1) is 5.41 Å². The van der Waals surface area contributed by atoms with E-state index in [-0.39, 0.29) is 0 Å². The maximum Gasteiger partial charge on any atom is 0.311 e. The number of fused-ring (bicyclic) bond motifs is 1. The molecule has 1 aliphatic carbocycles. The first-order valence-corrected chi connectivity index (χ1v) is 6.97. The molecule has 5 heteroatoms. The lowest BCUT2D eigenvalue weighted by molar-refractivity contribution is -0.147. The number of aromatic nitrogens is 2. The first-order chi connectivity index (χ1) is 9.16. The zero-order chi connectivity index (χ0) is 13.5. The van der Waals surface area contributed by atoms with Gasteiger partial charge in [-0.25, -0.2) is 9.97 Å². The van der Waals surface area contributed by atoms with Crippen LogP contribution in [0.4, 0.5) is 5.82 Å². The van der Waals surface area contributed by atoms with Crippen molar-refractivity contribution in [2.24, 2.45) is 5.41 Å². The number of rotatable bonds is 3. The molecule has 0 radical (unpaired) electrons. The predicted octanol–water partition coefficient (Wildman–Crippen LogP) is 1.66. The van der Waals surface area contributed by atoms with E-state index in [1.807, 2.05) is 6.92 Å². The average Bonchev–Trinajstić information content (AvgIpc) is 3.05. The summed E-state index contributed by atoms with van der Waals surface area (Å²) in [6.45, 7) is 3.31. The number of nitrogens with zero attached hydrogens (tertiary/aromatic N) is 3. The highest BCUT2D eigenvalue weighted by molar-refractivity contribution is 5.76. The van der Waals surface area contributed by atoms with Crippen LogP contribution >= 0.6 is 0 Å². The fourth-order valence-electron chi connectivity index (χ4n) is 3.28. The fraction of sp³-hybridized carbons (Fsp3) is 0.643. The fourth-order valence-corrected chi connectivity index (χ4v) is 3.28. The number of aryl methyl sites for hydroxylation is 1. The molecule has 1 aromatic rings. The summed E-state index contributed by atoms with van der Waals surface area (Å²) >= 11 is 0. The van der Waals surface area contributed by atoms with Crippen molar-refractivity contribution in [1.29, 1.82) is 0 Å². The van der Waals surface area contributed by atoms with E-state index in [9.17, 15) is 9.90 Å². The van der Waals surface area contributed by atoms with Crippen LogP contribution in [0.15, 0.2) is 6.33 Å². The molecule has 2 aliphatic rings. The van der Waals surface area contributed by atoms with Gasteiger partial charge in [-0.2, -0.15) is 0 Å². The largest absolute Gasteiger partial charge is 0.481 e. The lowest BCUT2D eigenvalue weighted by Crippen LogP contribution is -2.34. The van der Waals surface area contributed by atoms with E-state index in [1.54, 1.807) is 6.33 Å². The van der Waals surface area contributed by atoms with Crippen molar-refractivity contribution in [3.05, 3.63) is 17.6 Å². The van der Waals surface area contributed by atoms with Gasteiger partial charge in [0.2, 0.25) is 0 Å². The minimum atomic E-state index is -0.678. The maximum absolute atomic E-state index is 11.5. The zero-order valence-electron chi connectivity index (χ0n) is 11.2. The normalized spacial score (nSPS) is 25.6. The minimum Gasteiger partial charge on any atom is -0.481 e. The smallest absolute Gasteiger partial charge is 0.311 e. The van der Waals surface area contributed by atoms with Crippen LogP contribution in [0.5, 0.6) is 0 Å². The molecule has 19 heavy (non-hydrogen) atoms. The number of aliphatic carboxylic acids is 1. The van der Waals surface area contributed by atoms with Crippen LogP contribution in [0.3, 0.4) is 0 Å². The van der Waals surface area contributed by atoms with E-state index in [1.165, 1.54) is 5.56 Å². The topological polar surface area (TPSA) is 66.3 Å². The second-order valence-electron chi connectivity index (χ2n) is 5.59. The van der Waals surface area contributed by atoms with Crippen molar-refractivity contribution >= 4 is 11.8 Å². The molecule has 1 unspecified atom stereocenters. The van der Waals surface area contributed by atoms with Crippen LogP contribution in [-0.4, -0.2) is 34.1 Å². The first kappa shape index (κ1) is 12.4. The second kappa shape index (κ2) is 4.47. The van der Waals surface area contributed by atoms with Crippen LogP contribution < -0.4 is 4.90 Å². The monoisotopic (exact) mass is 261 g/mol. The number of carboxylic acid groups (broad SMARTS) is 1. The molecule has 2 heterocycles. The van der Waals surface area contributed by atoms with Crippen LogP contribution in [0.1, 0.15) is 37.4 Å². The van der Waals surface area contributed by atoms with Crippen molar-refractivity contribution < 1.29 is 9.90 Å². The summed E-state index contributed by atoms with van der Waals surface area (Å²) in [5.41, 5.74) is 1.78. The maximum atomic E-state index is 11.5. The lowest BCUT2D eigenvalue weighted by atomic mass is 9.84. The van der Waals surface area contributed by atoms with Gasteiger partial charge in [-0.05, 0) is 32.1 Å². The average molecular weight is 261 g/mol. The lowest BCUT2D eigenvalue weighted by Gasteiger charge is -2.24. The van der Waals surface area contributed by atoms with E-state index in [4.69, 9.17) is 0 Å². The summed E-state index contributed by atoms with van der Waals surface area (Å²) in [6.07, 6.45) is 6.17. The van der Waals surface area contributed by atoms with Crippen LogP contribution in [0.2, 0.25) is 0 Å². The van der Waals surface area contributed by atoms with Crippen LogP contribution in [0.25, 0.3) is 0 Å². The summed E-state index contributed by atoms with van der Waals surface area (Å²) in [7, 11) is 0. The zero-order valence-corrected chi connectivity index (χ0v) is 11.2. The summed E-state index contributed by atoms with van der Waals surface area (Å²) in [5, 5.41) is 9.46. The van der Waals surface area contributed by atoms with Crippen molar-refractivity contribution in [1.82, 2.24) is 9.97 Å². The Hall–Kier alpha value is -1.65. The van der Waals surface area contributed by atoms with E-state index < -0.39 is 11.4 Å². The highest BCUT2D eigenvalue weighted by Crippen LogP contribution is 2.38. The predicted molar refractivity (Wildman–Crippen MR) is 71.2 cm³/mol. The first-order valence-electron chi connectivity index (χ1n) is 6.97. The summed E-state index contributed by atoms with van der Waals surface area (Å²) < 4.78 is 0. The van der Waals surface area contributed by atoms with E-state index in [0.717, 1.165) is 37.3 Å². The van der Waals surface area contributed by atoms with Gasteiger partial charge in [-0.15, -0.1) is 0 Å². The van der Waals surface area contributed by atoms with Gasteiger partial charge in [0.25, 0.3) is 0 Å². The molecule has 0 saturated carbocycles. The van der Waals surface area contributed by atoms with E-state index >= 15 is 0 Å². The minimum absolute atomic E-state index is 0.572. The number of hydrogen-bond donors (Lipinski definition) is 1. The van der Waals surface area contributed by atoms with E-state index in [2.05, 4.69) is 14.9 Å². The number of hydrogen-bond acceptors (Lipinski definition) is 4. The Morgan fingerprint density at radius 2 is 2.32 bits per heavy atom. The number of carboxylic acids is 1. The molecule has 102 valence electrons. The third kappa shape index (κ3) is 1.88. The van der Waals surface area contributed by atoms with Gasteiger partial charge in [0.15, 0.2) is 0 Å². The molecule has 1 aromatic heterocycles. The summed E-state index contributed by atoms with van der Waals surface area (Å²) in [4.78, 5) is 22.4. The Kier molecular flexibility index (Phi) is 2.92. The molecule has 1 atom stereocenters. The number of anilines is 1. The van der Waals surface area contributed by atoms with Gasteiger partial charge >= 0.3 is 5.97 Å². The SMILES string of the molecule is CCC1(C(=O)O)CCN(c2ncnc3c2CCC3)C1. The highest BCUT2D eigenvalue weighted by Gasteiger charge is 2.44. The van der Waals surface area contributed by atoms with Crippen molar-refractivity contribution in [3.8, 4) is 0 Å². The Bertz CT molecular complexity index is 517. The molecule has 0 spiro atoms. The Balaban J connectivity index is 1.90. The Labute approximate surface area is 112 Å². The second-order valence-corrected chi connectivity index (χ2v) is 5.59. The summed E-state index contributed by atoms with van der Waals surface area (Å²) in [5.74, 6) is 0.294. The standard InChI is InChI=1S/C14H19N3O2/c1-2-14(13(18)19)6-7-17(8-14)12-10-4-3-5-11(10)15-9-16-12/h9H,2-8H2,1H3,(H,18,19). The quantitative estimate of drug-likeness (QED) is 0.896. The van der Waals surface area contributed by atoms with Crippen molar-refractivity contribution in [3.63, 3.8) is 0 Å². The molecule has 1 N–H and O–H groups in total. The van der Waals surface area contributed by atoms with Gasteiger partial charge in [-0.1, -0.05) is 6.92 Å². The number of carbonyl (C=O) groups is 1. The molecular formula is C14H19N3O2. The van der Waals surface area contributed by atoms with E-state index in [0.29, 0.717) is 19.4 Å². The van der Waals surface area contributed by atoms with Gasteiger partial charge in [-0.3, -0.25) is 4.79 Å². The molecule has 0 aromatic carbocycles. The van der Waals surface area contributed by atoms with Crippen molar-refractivity contribution in [2.45, 2.75) is 39.0 Å². The molecule has 0 bridgehead atoms. The Morgan fingerprint density at radius 3 is 3.00 bits per heavy atom. The molecule has 3 rings (SSSR count). The van der Waals surface area contributed by atoms with Gasteiger partial charge in [0, 0.05) is 24.3 Å². The molecule has 1 aliphatic heterocycles. The van der Waals surface area contributed by atoms with Crippen molar-refractivity contribution in [2.75, 3.05) is 18.0 Å².